The Morgan fingerprint density at radius 3 is 2.39 bits per heavy atom. The van der Waals surface area contributed by atoms with E-state index >= 15 is 0 Å². The first kappa shape index (κ1) is 20.8. The van der Waals surface area contributed by atoms with Gasteiger partial charge in [0.25, 0.3) is 5.91 Å². The van der Waals surface area contributed by atoms with Crippen LogP contribution in [0.1, 0.15) is 46.0 Å². The van der Waals surface area contributed by atoms with Crippen LogP contribution in [-0.2, 0) is 14.8 Å². The SMILES string of the molecule is CC(C)CCN(C1(C(=O)NO)CCCC1)S(=O)(=O)c1ccc2ccccc2c1. The van der Waals surface area contributed by atoms with Gasteiger partial charge >= 0.3 is 0 Å². The third-order valence-electron chi connectivity index (χ3n) is 5.65. The summed E-state index contributed by atoms with van der Waals surface area (Å²) in [6.45, 7) is 4.28. The summed E-state index contributed by atoms with van der Waals surface area (Å²) in [6.07, 6.45) is 2.94. The fourth-order valence-corrected chi connectivity index (χ4v) is 5.89. The number of rotatable bonds is 7. The van der Waals surface area contributed by atoms with Gasteiger partial charge in [0.15, 0.2) is 0 Å². The summed E-state index contributed by atoms with van der Waals surface area (Å²) < 4.78 is 28.7. The van der Waals surface area contributed by atoms with Gasteiger partial charge in [0.05, 0.1) is 4.90 Å². The van der Waals surface area contributed by atoms with Crippen molar-refractivity contribution in [3.63, 3.8) is 0 Å². The molecule has 0 spiro atoms. The highest BCUT2D eigenvalue weighted by molar-refractivity contribution is 7.89. The minimum absolute atomic E-state index is 0.173. The van der Waals surface area contributed by atoms with Crippen LogP contribution in [0.3, 0.4) is 0 Å². The molecule has 0 bridgehead atoms. The number of nitrogens with zero attached hydrogens (tertiary/aromatic N) is 1. The van der Waals surface area contributed by atoms with Crippen molar-refractivity contribution in [1.82, 2.24) is 9.79 Å². The molecule has 1 saturated carbocycles. The van der Waals surface area contributed by atoms with Crippen LogP contribution in [0.15, 0.2) is 47.4 Å². The second-order valence-corrected chi connectivity index (χ2v) is 9.81. The smallest absolute Gasteiger partial charge is 0.264 e. The van der Waals surface area contributed by atoms with Gasteiger partial charge in [-0.05, 0) is 48.1 Å². The Morgan fingerprint density at radius 2 is 1.79 bits per heavy atom. The average molecular weight is 405 g/mol. The summed E-state index contributed by atoms with van der Waals surface area (Å²) in [4.78, 5) is 12.8. The fourth-order valence-electron chi connectivity index (χ4n) is 4.05. The standard InChI is InChI=1S/C21H28N2O4S/c1-16(2)11-14-23(21(20(24)22-25)12-5-6-13-21)28(26,27)19-10-9-17-7-3-4-8-18(17)15-19/h3-4,7-10,15-16,25H,5-6,11-14H2,1-2H3,(H,22,24). The molecule has 1 aliphatic carbocycles. The van der Waals surface area contributed by atoms with Crippen molar-refractivity contribution in [3.05, 3.63) is 42.5 Å². The summed E-state index contributed by atoms with van der Waals surface area (Å²) in [5.74, 6) is -0.358. The third-order valence-corrected chi connectivity index (χ3v) is 7.61. The first-order valence-electron chi connectivity index (χ1n) is 9.77. The maximum absolute atomic E-state index is 13.7. The Kier molecular flexibility index (Phi) is 6.07. The number of amides is 1. The van der Waals surface area contributed by atoms with E-state index in [4.69, 9.17) is 0 Å². The predicted molar refractivity (Wildman–Crippen MR) is 108 cm³/mol. The summed E-state index contributed by atoms with van der Waals surface area (Å²) in [5, 5.41) is 11.1. The second-order valence-electron chi connectivity index (χ2n) is 7.95. The first-order valence-corrected chi connectivity index (χ1v) is 11.2. The lowest BCUT2D eigenvalue weighted by Crippen LogP contribution is -2.59. The molecule has 2 aromatic rings. The molecule has 1 aliphatic rings. The molecule has 0 radical (unpaired) electrons. The highest BCUT2D eigenvalue weighted by Gasteiger charge is 2.51. The molecular weight excluding hydrogens is 376 g/mol. The van der Waals surface area contributed by atoms with Crippen molar-refractivity contribution in [2.24, 2.45) is 5.92 Å². The number of fused-ring (bicyclic) bond motifs is 1. The molecule has 2 aromatic carbocycles. The zero-order valence-corrected chi connectivity index (χ0v) is 17.2. The molecule has 152 valence electrons. The maximum atomic E-state index is 13.7. The largest absolute Gasteiger partial charge is 0.289 e. The van der Waals surface area contributed by atoms with Gasteiger partial charge in [-0.25, -0.2) is 13.9 Å². The van der Waals surface area contributed by atoms with Gasteiger partial charge in [-0.3, -0.25) is 10.0 Å². The molecule has 7 heteroatoms. The Balaban J connectivity index is 2.10. The van der Waals surface area contributed by atoms with Crippen LogP contribution in [0, 0.1) is 5.92 Å². The predicted octanol–water partition coefficient (Wildman–Crippen LogP) is 3.69. The van der Waals surface area contributed by atoms with Crippen LogP contribution in [0.2, 0.25) is 0 Å². The number of carbonyl (C=O) groups excluding carboxylic acids is 1. The molecule has 6 nitrogen and oxygen atoms in total. The van der Waals surface area contributed by atoms with E-state index in [1.807, 2.05) is 38.1 Å². The van der Waals surface area contributed by atoms with Gasteiger partial charge in [0, 0.05) is 6.54 Å². The third kappa shape index (κ3) is 3.79. The maximum Gasteiger partial charge on any atom is 0.264 e. The molecule has 1 amide bonds. The summed E-state index contributed by atoms with van der Waals surface area (Å²) in [6, 6.07) is 12.6. The van der Waals surface area contributed by atoms with E-state index in [0.717, 1.165) is 23.6 Å². The zero-order valence-electron chi connectivity index (χ0n) is 16.4. The van der Waals surface area contributed by atoms with Crippen molar-refractivity contribution in [2.75, 3.05) is 6.54 Å². The van der Waals surface area contributed by atoms with Gasteiger partial charge < -0.3 is 0 Å². The summed E-state index contributed by atoms with van der Waals surface area (Å²) >= 11 is 0. The first-order chi connectivity index (χ1) is 13.3. The van der Waals surface area contributed by atoms with Crippen LogP contribution in [0.5, 0.6) is 0 Å². The van der Waals surface area contributed by atoms with Crippen molar-refractivity contribution in [1.29, 1.82) is 0 Å². The van der Waals surface area contributed by atoms with Gasteiger partial charge in [0.2, 0.25) is 10.0 Å². The molecular formula is C21H28N2O4S. The molecule has 0 aromatic heterocycles. The number of nitrogens with one attached hydrogen (secondary N) is 1. The van der Waals surface area contributed by atoms with E-state index < -0.39 is 21.5 Å². The van der Waals surface area contributed by atoms with E-state index in [0.29, 0.717) is 19.3 Å². The van der Waals surface area contributed by atoms with Gasteiger partial charge in [-0.15, -0.1) is 0 Å². The number of benzene rings is 2. The quantitative estimate of drug-likeness (QED) is 0.544. The molecule has 2 N–H and O–H groups in total. The molecule has 0 aliphatic heterocycles. The van der Waals surface area contributed by atoms with Crippen LogP contribution < -0.4 is 5.48 Å². The van der Waals surface area contributed by atoms with Crippen LogP contribution in [0.25, 0.3) is 10.8 Å². The number of hydroxylamine groups is 1. The van der Waals surface area contributed by atoms with Crippen LogP contribution in [-0.4, -0.2) is 35.9 Å². The number of sulfonamides is 1. The Morgan fingerprint density at radius 1 is 1.14 bits per heavy atom. The minimum Gasteiger partial charge on any atom is -0.289 e. The number of hydrogen-bond donors (Lipinski definition) is 2. The van der Waals surface area contributed by atoms with Gasteiger partial charge in [-0.2, -0.15) is 4.31 Å². The van der Waals surface area contributed by atoms with E-state index in [-0.39, 0.29) is 17.4 Å². The summed E-state index contributed by atoms with van der Waals surface area (Å²) in [7, 11) is -3.92. The fraction of sp³-hybridized carbons (Fsp3) is 0.476. The number of carbonyl (C=O) groups is 1. The lowest BCUT2D eigenvalue weighted by Gasteiger charge is -2.38. The van der Waals surface area contributed by atoms with Crippen LogP contribution in [0.4, 0.5) is 0 Å². The lowest BCUT2D eigenvalue weighted by atomic mass is 9.96. The summed E-state index contributed by atoms with van der Waals surface area (Å²) in [5.41, 5.74) is 0.482. The second kappa shape index (κ2) is 8.19. The Bertz CT molecular complexity index is 950. The topological polar surface area (TPSA) is 86.7 Å². The average Bonchev–Trinajstić information content (AvgIpc) is 3.17. The highest BCUT2D eigenvalue weighted by atomic mass is 32.2. The molecule has 0 unspecified atom stereocenters. The van der Waals surface area contributed by atoms with E-state index in [9.17, 15) is 18.4 Å². The number of hydrogen-bond acceptors (Lipinski definition) is 4. The molecule has 28 heavy (non-hydrogen) atoms. The van der Waals surface area contributed by atoms with Gasteiger partial charge in [0.1, 0.15) is 5.54 Å². The van der Waals surface area contributed by atoms with Crippen molar-refractivity contribution < 1.29 is 18.4 Å². The van der Waals surface area contributed by atoms with Crippen molar-refractivity contribution in [2.45, 2.75) is 56.4 Å². The molecule has 3 rings (SSSR count). The monoisotopic (exact) mass is 404 g/mol. The Labute approximate surface area is 166 Å². The molecule has 0 saturated heterocycles. The van der Waals surface area contributed by atoms with Gasteiger partial charge in [-0.1, -0.05) is 57.0 Å². The van der Waals surface area contributed by atoms with Crippen molar-refractivity contribution >= 4 is 26.7 Å². The lowest BCUT2D eigenvalue weighted by molar-refractivity contribution is -0.139. The van der Waals surface area contributed by atoms with E-state index in [1.165, 1.54) is 4.31 Å². The zero-order chi connectivity index (χ0) is 20.4. The van der Waals surface area contributed by atoms with E-state index in [1.54, 1.807) is 23.7 Å². The molecule has 1 fully saturated rings. The minimum atomic E-state index is -3.92. The normalized spacial score (nSPS) is 16.8. The molecule has 0 heterocycles. The van der Waals surface area contributed by atoms with Crippen LogP contribution >= 0.6 is 0 Å². The van der Waals surface area contributed by atoms with E-state index in [2.05, 4.69) is 0 Å². The van der Waals surface area contributed by atoms with Crippen molar-refractivity contribution in [3.8, 4) is 0 Å². The highest BCUT2D eigenvalue weighted by Crippen LogP contribution is 2.39. The molecule has 0 atom stereocenters. The Hall–Kier alpha value is -1.96.